The largest absolute Gasteiger partial charge is 0.497 e. The minimum Gasteiger partial charge on any atom is -0.497 e. The molecule has 13 nitrogen and oxygen atoms in total. The number of amides is 4. The summed E-state index contributed by atoms with van der Waals surface area (Å²) < 4.78 is 39.9. The number of pyridine rings is 1. The predicted octanol–water partition coefficient (Wildman–Crippen LogP) is 4.43. The van der Waals surface area contributed by atoms with Crippen LogP contribution in [0.1, 0.15) is 52.9 Å². The van der Waals surface area contributed by atoms with Gasteiger partial charge in [0.2, 0.25) is 27.7 Å². The third-order valence-electron chi connectivity index (χ3n) is 11.4. The molecular weight excluding hydrogens is 758 g/mol. The molecule has 298 valence electrons. The molecule has 56 heavy (non-hydrogen) atoms. The van der Waals surface area contributed by atoms with E-state index in [1.165, 1.54) is 11.0 Å². The molecule has 0 spiro atoms. The highest BCUT2D eigenvalue weighted by atomic mass is 35.5. The summed E-state index contributed by atoms with van der Waals surface area (Å²) in [5.74, 6) is -2.29. The lowest BCUT2D eigenvalue weighted by atomic mass is 9.77. The summed E-state index contributed by atoms with van der Waals surface area (Å²) in [7, 11) is -2.33. The van der Waals surface area contributed by atoms with Gasteiger partial charge in [-0.25, -0.2) is 13.4 Å². The van der Waals surface area contributed by atoms with Gasteiger partial charge in [0.05, 0.1) is 41.4 Å². The number of hydrogen-bond acceptors (Lipinski definition) is 9. The molecule has 0 bridgehead atoms. The Bertz CT molecular complexity index is 2170. The Labute approximate surface area is 332 Å². The van der Waals surface area contributed by atoms with Gasteiger partial charge in [-0.2, -0.15) is 0 Å². The SMILES string of the molecule is C=CC1C[C@]1(NC(=O)[C@@H]1C[C@@H](Oc2cc(-c3ccccc3)nc3cc(OC)ccc23)CN1C(=O)[C@@H](CC(=O)N1CC(Cl)C1)C(C)(C)C)C(=O)NS(=O)(=O)C1CC1. The van der Waals surface area contributed by atoms with Gasteiger partial charge in [0.1, 0.15) is 29.2 Å². The van der Waals surface area contributed by atoms with E-state index in [0.29, 0.717) is 54.0 Å². The van der Waals surface area contributed by atoms with E-state index in [9.17, 15) is 27.6 Å². The van der Waals surface area contributed by atoms with E-state index in [2.05, 4.69) is 16.6 Å². The lowest BCUT2D eigenvalue weighted by molar-refractivity contribution is -0.149. The molecular formula is C41H48ClN5O8S. The van der Waals surface area contributed by atoms with E-state index in [-0.39, 0.29) is 37.1 Å². The molecule has 4 fully saturated rings. The van der Waals surface area contributed by atoms with Crippen LogP contribution in [0.3, 0.4) is 0 Å². The second-order valence-electron chi connectivity index (χ2n) is 16.4. The quantitative estimate of drug-likeness (QED) is 0.188. The van der Waals surface area contributed by atoms with E-state index in [0.717, 1.165) is 5.56 Å². The number of methoxy groups -OCH3 is 1. The number of hydrogen-bond donors (Lipinski definition) is 2. The number of ether oxygens (including phenoxy) is 2. The Hall–Kier alpha value is -4.69. The van der Waals surface area contributed by atoms with Gasteiger partial charge in [0, 0.05) is 54.9 Å². The first-order valence-corrected chi connectivity index (χ1v) is 20.9. The highest BCUT2D eigenvalue weighted by molar-refractivity contribution is 7.91. The fraction of sp³-hybridized carbons (Fsp3) is 0.488. The van der Waals surface area contributed by atoms with Crippen molar-refractivity contribution in [2.24, 2.45) is 17.3 Å². The van der Waals surface area contributed by atoms with Crippen LogP contribution >= 0.6 is 11.6 Å². The summed E-state index contributed by atoms with van der Waals surface area (Å²) in [5.41, 5.74) is -0.0940. The number of aromatic nitrogens is 1. The number of alkyl halides is 1. The molecule has 1 aromatic heterocycles. The Morgan fingerprint density at radius 1 is 1.07 bits per heavy atom. The van der Waals surface area contributed by atoms with Crippen molar-refractivity contribution < 1.29 is 37.1 Å². The van der Waals surface area contributed by atoms with Gasteiger partial charge in [0.25, 0.3) is 5.91 Å². The van der Waals surface area contributed by atoms with Crippen LogP contribution in [-0.2, 0) is 29.2 Å². The van der Waals surface area contributed by atoms with Gasteiger partial charge in [-0.05, 0) is 36.8 Å². The number of carbonyl (C=O) groups is 4. The summed E-state index contributed by atoms with van der Waals surface area (Å²) in [5, 5.41) is 2.76. The smallest absolute Gasteiger partial charge is 0.259 e. The first-order chi connectivity index (χ1) is 26.5. The van der Waals surface area contributed by atoms with Crippen LogP contribution in [0, 0.1) is 17.3 Å². The second kappa shape index (κ2) is 15.0. The zero-order valence-electron chi connectivity index (χ0n) is 32.0. The summed E-state index contributed by atoms with van der Waals surface area (Å²) in [6.07, 6.45) is 1.88. The van der Waals surface area contributed by atoms with E-state index in [1.807, 2.05) is 69.3 Å². The Kier molecular flexibility index (Phi) is 10.6. The van der Waals surface area contributed by atoms with Gasteiger partial charge < -0.3 is 24.6 Å². The summed E-state index contributed by atoms with van der Waals surface area (Å²) in [4.78, 5) is 64.1. The third-order valence-corrected chi connectivity index (χ3v) is 13.4. The number of fused-ring (bicyclic) bond motifs is 1. The third kappa shape index (κ3) is 7.95. The maximum absolute atomic E-state index is 14.8. The first-order valence-electron chi connectivity index (χ1n) is 19.0. The maximum Gasteiger partial charge on any atom is 0.259 e. The monoisotopic (exact) mass is 805 g/mol. The van der Waals surface area contributed by atoms with Crippen LogP contribution in [0.15, 0.2) is 67.3 Å². The van der Waals surface area contributed by atoms with Crippen molar-refractivity contribution >= 4 is 56.2 Å². The molecule has 2 N–H and O–H groups in total. The number of likely N-dealkylation sites (tertiary alicyclic amines) is 2. The fourth-order valence-electron chi connectivity index (χ4n) is 7.63. The van der Waals surface area contributed by atoms with Gasteiger partial charge in [-0.15, -0.1) is 18.2 Å². The van der Waals surface area contributed by atoms with Crippen LogP contribution in [0.5, 0.6) is 11.5 Å². The van der Waals surface area contributed by atoms with Crippen molar-refractivity contribution in [3.05, 3.63) is 67.3 Å². The van der Waals surface area contributed by atoms with Crippen molar-refractivity contribution in [1.29, 1.82) is 0 Å². The van der Waals surface area contributed by atoms with Crippen LogP contribution in [-0.4, -0.2) is 102 Å². The summed E-state index contributed by atoms with van der Waals surface area (Å²) in [6, 6.07) is 15.8. The zero-order valence-corrected chi connectivity index (χ0v) is 33.6. The van der Waals surface area contributed by atoms with Gasteiger partial charge >= 0.3 is 0 Å². The first kappa shape index (κ1) is 39.5. The van der Waals surface area contributed by atoms with Crippen LogP contribution in [0.2, 0.25) is 0 Å². The minimum atomic E-state index is -3.90. The van der Waals surface area contributed by atoms with Crippen LogP contribution in [0.25, 0.3) is 22.2 Å². The minimum absolute atomic E-state index is 0.00590. The number of sulfonamides is 1. The molecule has 0 radical (unpaired) electrons. The topological polar surface area (TPSA) is 164 Å². The highest BCUT2D eigenvalue weighted by Gasteiger charge is 2.62. The number of carbonyl (C=O) groups excluding carboxylic acids is 4. The second-order valence-corrected chi connectivity index (χ2v) is 19.0. The molecule has 2 aromatic carbocycles. The number of nitrogens with zero attached hydrogens (tertiary/aromatic N) is 3. The number of benzene rings is 2. The molecule has 2 saturated carbocycles. The molecule has 7 rings (SSSR count). The number of halogens is 1. The Morgan fingerprint density at radius 3 is 2.39 bits per heavy atom. The zero-order chi connectivity index (χ0) is 40.2. The van der Waals surface area contributed by atoms with Crippen LogP contribution in [0.4, 0.5) is 0 Å². The molecule has 15 heteroatoms. The molecule has 3 aromatic rings. The molecule has 4 amide bonds. The van der Waals surface area contributed by atoms with Crippen molar-refractivity contribution in [2.75, 3.05) is 26.7 Å². The van der Waals surface area contributed by atoms with E-state index < -0.39 is 67.9 Å². The molecule has 4 aliphatic rings. The number of nitrogens with one attached hydrogen (secondary N) is 2. The molecule has 1 unspecified atom stereocenters. The summed E-state index contributed by atoms with van der Waals surface area (Å²) >= 11 is 6.16. The van der Waals surface area contributed by atoms with Crippen molar-refractivity contribution in [2.45, 2.75) is 81.2 Å². The molecule has 2 aliphatic heterocycles. The van der Waals surface area contributed by atoms with Crippen molar-refractivity contribution in [1.82, 2.24) is 24.8 Å². The van der Waals surface area contributed by atoms with Crippen LogP contribution < -0.4 is 19.5 Å². The normalized spacial score (nSPS) is 24.2. The van der Waals surface area contributed by atoms with E-state index in [4.69, 9.17) is 26.1 Å². The average molecular weight is 806 g/mol. The van der Waals surface area contributed by atoms with Gasteiger partial charge in [-0.3, -0.25) is 23.9 Å². The van der Waals surface area contributed by atoms with Crippen molar-refractivity contribution in [3.8, 4) is 22.8 Å². The molecule has 3 heterocycles. The average Bonchev–Trinajstić information content (AvgIpc) is 4.08. The highest BCUT2D eigenvalue weighted by Crippen LogP contribution is 2.46. The van der Waals surface area contributed by atoms with Gasteiger partial charge in [-0.1, -0.05) is 57.2 Å². The van der Waals surface area contributed by atoms with E-state index in [1.54, 1.807) is 18.1 Å². The van der Waals surface area contributed by atoms with E-state index >= 15 is 0 Å². The molecule has 2 saturated heterocycles. The predicted molar refractivity (Wildman–Crippen MR) is 211 cm³/mol. The van der Waals surface area contributed by atoms with Gasteiger partial charge in [0.15, 0.2) is 0 Å². The Morgan fingerprint density at radius 2 is 1.79 bits per heavy atom. The molecule has 5 atom stereocenters. The van der Waals surface area contributed by atoms with Crippen molar-refractivity contribution in [3.63, 3.8) is 0 Å². The lowest BCUT2D eigenvalue weighted by Crippen LogP contribution is -2.57. The fourth-order valence-corrected chi connectivity index (χ4v) is 9.32. The Balaban J connectivity index is 1.21. The summed E-state index contributed by atoms with van der Waals surface area (Å²) in [6.45, 7) is 10.2. The molecule has 2 aliphatic carbocycles. The maximum atomic E-state index is 14.8. The number of rotatable bonds is 13. The standard InChI is InChI=1S/C41H48ClN5O8S/c1-6-25-20-41(25,39(51)45-56(52,53)29-13-14-29)44-37(49)34-17-28(23-47(34)38(50)31(40(2,3)4)18-36(48)46-21-26(42)22-46)55-35-19-32(24-10-8-7-9-11-24)43-33-16-27(54-5)12-15-30(33)35/h6-12,15-16,19,25-26,28-29,31,34H,1,13-14,17-18,20-23H2,2-5H3,(H,44,49)(H,45,51)/t25?,28-,31-,34+,41-/m1/s1. The lowest BCUT2D eigenvalue weighted by Gasteiger charge is -2.39.